The average Bonchev–Trinajstić information content (AvgIpc) is 0.874. The molecular weight excluding hydrogens is 1590 g/mol. The summed E-state index contributed by atoms with van der Waals surface area (Å²) in [7, 11) is 0. The maximum atomic E-state index is 2.79. The summed E-state index contributed by atoms with van der Waals surface area (Å²) in [6, 6.07) is 181. The van der Waals surface area contributed by atoms with Crippen LogP contribution < -0.4 is 31.1 Å². The van der Waals surface area contributed by atoms with E-state index in [-0.39, 0.29) is 6.71 Å². The number of para-hydroxylation sites is 2. The van der Waals surface area contributed by atoms with Crippen molar-refractivity contribution in [3.63, 3.8) is 0 Å². The Hall–Kier alpha value is -16.6. The van der Waals surface area contributed by atoms with Crippen molar-refractivity contribution in [2.24, 2.45) is 0 Å². The Morgan fingerprint density at radius 3 is 1.04 bits per heavy atom. The van der Waals surface area contributed by atoms with Crippen molar-refractivity contribution >= 4 is 122 Å². The Labute approximate surface area is 770 Å². The molecule has 0 saturated carbocycles. The molecule has 2 aliphatic heterocycles. The standard InChI is InChI=1S/C127H89BN4/c1-9-32-86(33-10-1)90-58-63-100(64-59-90)131(101-65-60-91(61-66-101)87-34-11-2-12-35-87)84-85-76-123-127-124(77-85)130(75-73-105-115(94-44-21-7-22-45-94)80-99(89-38-15-4-16-39-89)81-116(105)95-46-23-8-24-47-95)122-83-102(132-119-56-27-25-50-106(119)107-51-26-28-57-120(107)132)67-70-117(122)128(127)118-82-97(103-68-69-112-110-53-30-49-96-48-29-52-109(125(96)110)111-55-31-54-108(103)126(111)112)62-71-121(118)129(123)74-72-104-113(92-40-17-5-18-41-92)78-98(88-36-13-3-14-37-88)79-114(104)93-42-19-6-20-43-93/h1-71,76-83H,72-75,84H2. The summed E-state index contributed by atoms with van der Waals surface area (Å²) in [6.45, 7) is 1.56. The van der Waals surface area contributed by atoms with E-state index in [0.717, 1.165) is 17.1 Å². The van der Waals surface area contributed by atoms with Gasteiger partial charge in [-0.05, 0) is 280 Å². The SMILES string of the molecule is c1ccc(-c2ccc(N(Cc3cc4c5c(c3)N(CCc3c(-c6ccccc6)cc(-c6ccccc6)cc3-c3ccccc3)c3cc(-n6c7ccccc7c7ccccc76)ccc3B5c3cc(-c5ccc6c7cccc8cccc(c9cccc5c96)c87)ccc3N4CCc3c(-c4ccccc4)cc(-c4ccccc4)cc3-c3ccccc3)c3ccc(-c4ccccc4)cc3)cc2)cc1. The van der Waals surface area contributed by atoms with Gasteiger partial charge in [0.1, 0.15) is 0 Å². The highest BCUT2D eigenvalue weighted by atomic mass is 15.2. The molecule has 0 radical (unpaired) electrons. The molecular formula is C127H89BN4. The zero-order valence-electron chi connectivity index (χ0n) is 73.0. The second-order valence-electron chi connectivity index (χ2n) is 35.5. The fourth-order valence-corrected chi connectivity index (χ4v) is 22.0. The number of aromatic nitrogens is 1. The predicted octanol–water partition coefficient (Wildman–Crippen LogP) is 31.1. The van der Waals surface area contributed by atoms with Crippen molar-refractivity contribution in [3.8, 4) is 106 Å². The Kier molecular flexibility index (Phi) is 19.4. The van der Waals surface area contributed by atoms with Gasteiger partial charge < -0.3 is 19.3 Å². The van der Waals surface area contributed by atoms with Gasteiger partial charge in [0, 0.05) is 70.2 Å². The van der Waals surface area contributed by atoms with Crippen LogP contribution in [0.5, 0.6) is 0 Å². The molecule has 0 N–H and O–H groups in total. The highest BCUT2D eigenvalue weighted by Gasteiger charge is 2.44. The molecule has 132 heavy (non-hydrogen) atoms. The number of fused-ring (bicyclic) bond motifs is 9. The van der Waals surface area contributed by atoms with Gasteiger partial charge in [-0.15, -0.1) is 0 Å². The zero-order valence-corrected chi connectivity index (χ0v) is 73.0. The Bertz CT molecular complexity index is 8010. The third-order valence-electron chi connectivity index (χ3n) is 28.1. The van der Waals surface area contributed by atoms with Crippen molar-refractivity contribution < 1.29 is 0 Å². The summed E-state index contributed by atoms with van der Waals surface area (Å²) in [5.74, 6) is 0. The van der Waals surface area contributed by atoms with Gasteiger partial charge in [-0.25, -0.2) is 0 Å². The number of rotatable bonds is 20. The summed E-state index contributed by atoms with van der Waals surface area (Å²) < 4.78 is 2.53. The molecule has 22 aromatic carbocycles. The fourth-order valence-electron chi connectivity index (χ4n) is 22.0. The molecule has 3 heterocycles. The van der Waals surface area contributed by atoms with E-state index in [4.69, 9.17) is 0 Å². The lowest BCUT2D eigenvalue weighted by Gasteiger charge is -2.45. The van der Waals surface area contributed by atoms with Crippen LogP contribution in [0.1, 0.15) is 16.7 Å². The number of anilines is 6. The second-order valence-corrected chi connectivity index (χ2v) is 35.5. The average molecular weight is 1680 g/mol. The van der Waals surface area contributed by atoms with E-state index < -0.39 is 0 Å². The first kappa shape index (κ1) is 77.7. The third-order valence-corrected chi connectivity index (χ3v) is 28.1. The van der Waals surface area contributed by atoms with Gasteiger partial charge in [0.25, 0.3) is 6.71 Å². The number of nitrogens with zero attached hydrogens (tertiary/aromatic N) is 4. The summed E-state index contributed by atoms with van der Waals surface area (Å²) in [6.07, 6.45) is 1.40. The van der Waals surface area contributed by atoms with Crippen molar-refractivity contribution in [1.29, 1.82) is 0 Å². The van der Waals surface area contributed by atoms with Crippen LogP contribution in [0.25, 0.3) is 171 Å². The maximum Gasteiger partial charge on any atom is 0.252 e. The molecule has 0 atom stereocenters. The van der Waals surface area contributed by atoms with E-state index in [2.05, 4.69) is 499 Å². The van der Waals surface area contributed by atoms with Gasteiger partial charge in [0.05, 0.1) is 11.0 Å². The topological polar surface area (TPSA) is 14.7 Å². The molecule has 4 nitrogen and oxygen atoms in total. The van der Waals surface area contributed by atoms with Gasteiger partial charge in [-0.1, -0.05) is 388 Å². The number of hydrogen-bond acceptors (Lipinski definition) is 3. The van der Waals surface area contributed by atoms with Crippen LogP contribution in [-0.2, 0) is 19.4 Å². The summed E-state index contributed by atoms with van der Waals surface area (Å²) in [5, 5.41) is 12.7. The molecule has 1 aromatic heterocycles. The van der Waals surface area contributed by atoms with Gasteiger partial charge in [-0.3, -0.25) is 0 Å². The monoisotopic (exact) mass is 1680 g/mol. The number of hydrogen-bond donors (Lipinski definition) is 0. The predicted molar refractivity (Wildman–Crippen MR) is 561 cm³/mol. The molecule has 0 amide bonds. The quantitative estimate of drug-likeness (QED) is 0.0429. The molecule has 0 aliphatic carbocycles. The van der Waals surface area contributed by atoms with Crippen LogP contribution >= 0.6 is 0 Å². The van der Waals surface area contributed by atoms with Crippen LogP contribution in [0.15, 0.2) is 479 Å². The van der Waals surface area contributed by atoms with E-state index in [1.54, 1.807) is 0 Å². The Balaban J connectivity index is 0.765. The second kappa shape index (κ2) is 32.9. The lowest BCUT2D eigenvalue weighted by atomic mass is 9.33. The Morgan fingerprint density at radius 2 is 0.583 bits per heavy atom. The first-order valence-corrected chi connectivity index (χ1v) is 46.3. The molecule has 5 heteroatoms. The van der Waals surface area contributed by atoms with E-state index >= 15 is 0 Å². The van der Waals surface area contributed by atoms with E-state index in [9.17, 15) is 0 Å². The molecule has 23 aromatic rings. The zero-order chi connectivity index (χ0) is 87.1. The smallest absolute Gasteiger partial charge is 0.252 e. The molecule has 2 aliphatic rings. The normalized spacial score (nSPS) is 12.2. The van der Waals surface area contributed by atoms with Gasteiger partial charge >= 0.3 is 0 Å². The minimum absolute atomic E-state index is 0.250. The first-order valence-electron chi connectivity index (χ1n) is 46.3. The van der Waals surface area contributed by atoms with E-state index in [0.29, 0.717) is 32.5 Å². The van der Waals surface area contributed by atoms with Gasteiger partial charge in [-0.2, -0.15) is 0 Å². The van der Waals surface area contributed by atoms with Crippen LogP contribution in [0.3, 0.4) is 0 Å². The first-order chi connectivity index (χ1) is 65.5. The van der Waals surface area contributed by atoms with Crippen molar-refractivity contribution in [1.82, 2.24) is 4.57 Å². The molecule has 0 spiro atoms. The Morgan fingerprint density at radius 1 is 0.220 bits per heavy atom. The maximum absolute atomic E-state index is 2.79. The molecule has 25 rings (SSSR count). The van der Waals surface area contributed by atoms with Crippen LogP contribution in [0, 0.1) is 0 Å². The fraction of sp³-hybridized carbons (Fsp3) is 0.0394. The highest BCUT2D eigenvalue weighted by Crippen LogP contribution is 2.49. The number of benzene rings is 22. The van der Waals surface area contributed by atoms with Crippen LogP contribution in [0.2, 0.25) is 0 Å². The lowest BCUT2D eigenvalue weighted by molar-refractivity contribution is 0.899. The summed E-state index contributed by atoms with van der Waals surface area (Å²) in [4.78, 5) is 8.12. The summed E-state index contributed by atoms with van der Waals surface area (Å²) >= 11 is 0. The van der Waals surface area contributed by atoms with Crippen molar-refractivity contribution in [3.05, 3.63) is 496 Å². The highest BCUT2D eigenvalue weighted by molar-refractivity contribution is 7.00. The minimum Gasteiger partial charge on any atom is -0.342 e. The van der Waals surface area contributed by atoms with E-state index in [1.165, 1.54) is 221 Å². The third kappa shape index (κ3) is 13.6. The van der Waals surface area contributed by atoms with Crippen molar-refractivity contribution in [2.75, 3.05) is 27.8 Å². The molecule has 0 bridgehead atoms. The molecule has 0 unspecified atom stereocenters. The van der Waals surface area contributed by atoms with Crippen LogP contribution in [-0.4, -0.2) is 24.4 Å². The lowest BCUT2D eigenvalue weighted by Crippen LogP contribution is -2.62. The van der Waals surface area contributed by atoms with Crippen molar-refractivity contribution in [2.45, 2.75) is 19.4 Å². The molecule has 0 fully saturated rings. The van der Waals surface area contributed by atoms with Gasteiger partial charge in [0.2, 0.25) is 0 Å². The summed E-state index contributed by atoms with van der Waals surface area (Å²) in [5.41, 5.74) is 39.5. The molecule has 620 valence electrons. The van der Waals surface area contributed by atoms with Crippen LogP contribution in [0.4, 0.5) is 34.1 Å². The largest absolute Gasteiger partial charge is 0.342 e. The van der Waals surface area contributed by atoms with E-state index in [1.807, 2.05) is 0 Å². The van der Waals surface area contributed by atoms with Gasteiger partial charge in [0.15, 0.2) is 0 Å². The molecule has 0 saturated heterocycles. The minimum atomic E-state index is -0.250.